The molecule has 2 aliphatic heterocycles. The predicted octanol–water partition coefficient (Wildman–Crippen LogP) is 2.11. The summed E-state index contributed by atoms with van der Waals surface area (Å²) in [6.07, 6.45) is -0.311. The van der Waals surface area contributed by atoms with Gasteiger partial charge < -0.3 is 24.5 Å². The fraction of sp³-hybridized carbons (Fsp3) is 0.346. The highest BCUT2D eigenvalue weighted by atomic mass is 16.5. The Morgan fingerprint density at radius 1 is 1.29 bits per heavy atom. The lowest BCUT2D eigenvalue weighted by Gasteiger charge is -2.13. The number of hydrogen-bond acceptors (Lipinski definition) is 8. The number of nitrogens with zero attached hydrogens (tertiary/aromatic N) is 3. The second-order valence-electron chi connectivity index (χ2n) is 8.86. The molecule has 1 fully saturated rings. The van der Waals surface area contributed by atoms with Crippen molar-refractivity contribution in [2.75, 3.05) is 25.1 Å². The van der Waals surface area contributed by atoms with Crippen molar-refractivity contribution in [1.82, 2.24) is 20.5 Å². The van der Waals surface area contributed by atoms with Gasteiger partial charge in [-0.1, -0.05) is 6.07 Å². The number of ether oxygens (including phenoxy) is 1. The number of methoxy groups -OCH3 is 1. The van der Waals surface area contributed by atoms with Gasteiger partial charge in [-0.15, -0.1) is 0 Å². The SMILES string of the molecule is CC(NC(=O)NC=O)c1cc2nc(N3CC(O)CC3=O)ccc2o1.CCN1Cc2ccc(OC)cc2C1=O. The molecule has 2 atom stereocenters. The summed E-state index contributed by atoms with van der Waals surface area (Å²) in [5.74, 6) is 1.58. The number of β-amino-alcohol motifs (C(OH)–C–C–N with tert-alkyl or cyclic N) is 1. The van der Waals surface area contributed by atoms with Crippen LogP contribution in [0.1, 0.15) is 48.0 Å². The van der Waals surface area contributed by atoms with Crippen LogP contribution in [0.2, 0.25) is 0 Å². The van der Waals surface area contributed by atoms with Crippen molar-refractivity contribution >= 4 is 41.2 Å². The van der Waals surface area contributed by atoms with Crippen molar-refractivity contribution in [3.63, 3.8) is 0 Å². The zero-order chi connectivity index (χ0) is 27.4. The minimum Gasteiger partial charge on any atom is -0.497 e. The molecule has 0 aliphatic carbocycles. The summed E-state index contributed by atoms with van der Waals surface area (Å²) in [6.45, 7) is 5.39. The fourth-order valence-electron chi connectivity index (χ4n) is 4.29. The van der Waals surface area contributed by atoms with E-state index in [2.05, 4.69) is 10.3 Å². The first-order valence-corrected chi connectivity index (χ1v) is 12.1. The topological polar surface area (TPSA) is 154 Å². The summed E-state index contributed by atoms with van der Waals surface area (Å²) >= 11 is 0. The van der Waals surface area contributed by atoms with Gasteiger partial charge in [0.15, 0.2) is 5.58 Å². The van der Waals surface area contributed by atoms with Crippen LogP contribution < -0.4 is 20.3 Å². The van der Waals surface area contributed by atoms with Crippen LogP contribution in [-0.4, -0.2) is 65.5 Å². The largest absolute Gasteiger partial charge is 0.497 e. The Labute approximate surface area is 218 Å². The lowest BCUT2D eigenvalue weighted by molar-refractivity contribution is -0.117. The van der Waals surface area contributed by atoms with Crippen LogP contribution in [0.4, 0.5) is 10.6 Å². The lowest BCUT2D eigenvalue weighted by Crippen LogP contribution is -2.35. The van der Waals surface area contributed by atoms with Gasteiger partial charge in [-0.05, 0) is 43.7 Å². The van der Waals surface area contributed by atoms with Gasteiger partial charge in [-0.25, -0.2) is 9.78 Å². The molecule has 1 aromatic carbocycles. The molecule has 0 bridgehead atoms. The molecular formula is C26H29N5O7. The van der Waals surface area contributed by atoms with Gasteiger partial charge in [-0.2, -0.15) is 0 Å². The molecule has 38 heavy (non-hydrogen) atoms. The van der Waals surface area contributed by atoms with E-state index in [1.54, 1.807) is 32.2 Å². The molecule has 200 valence electrons. The number of aromatic nitrogens is 1. The van der Waals surface area contributed by atoms with E-state index in [0.717, 1.165) is 30.0 Å². The molecule has 12 nitrogen and oxygen atoms in total. The molecule has 3 N–H and O–H groups in total. The number of anilines is 1. The van der Waals surface area contributed by atoms with E-state index in [-0.39, 0.29) is 31.2 Å². The number of amides is 5. The molecule has 2 aliphatic rings. The van der Waals surface area contributed by atoms with Crippen LogP contribution in [0.3, 0.4) is 0 Å². The number of urea groups is 1. The Morgan fingerprint density at radius 2 is 2.08 bits per heavy atom. The number of carbonyl (C=O) groups is 4. The third-order valence-corrected chi connectivity index (χ3v) is 6.30. The molecule has 5 rings (SSSR count). The highest BCUT2D eigenvalue weighted by Gasteiger charge is 2.30. The van der Waals surface area contributed by atoms with Crippen LogP contribution >= 0.6 is 0 Å². The lowest BCUT2D eigenvalue weighted by atomic mass is 10.1. The van der Waals surface area contributed by atoms with Crippen LogP contribution in [-0.2, 0) is 16.1 Å². The number of aliphatic hydroxyl groups excluding tert-OH is 1. The first-order valence-electron chi connectivity index (χ1n) is 12.1. The molecule has 3 aromatic rings. The van der Waals surface area contributed by atoms with Crippen molar-refractivity contribution in [2.24, 2.45) is 0 Å². The van der Waals surface area contributed by atoms with E-state index in [0.29, 0.717) is 22.7 Å². The smallest absolute Gasteiger partial charge is 0.321 e. The second kappa shape index (κ2) is 11.3. The van der Waals surface area contributed by atoms with Gasteiger partial charge in [0.05, 0.1) is 32.2 Å². The Hall–Kier alpha value is -4.45. The maximum absolute atomic E-state index is 11.8. The number of imide groups is 1. The minimum absolute atomic E-state index is 0.0865. The van der Waals surface area contributed by atoms with Gasteiger partial charge in [0.2, 0.25) is 12.3 Å². The molecule has 2 aromatic heterocycles. The van der Waals surface area contributed by atoms with Crippen molar-refractivity contribution < 1.29 is 33.4 Å². The van der Waals surface area contributed by atoms with E-state index in [4.69, 9.17) is 9.15 Å². The monoisotopic (exact) mass is 523 g/mol. The number of furan rings is 1. The van der Waals surface area contributed by atoms with Crippen molar-refractivity contribution in [1.29, 1.82) is 0 Å². The Morgan fingerprint density at radius 3 is 2.74 bits per heavy atom. The van der Waals surface area contributed by atoms with Gasteiger partial charge in [0.25, 0.3) is 5.91 Å². The molecular weight excluding hydrogens is 494 g/mol. The van der Waals surface area contributed by atoms with Crippen molar-refractivity contribution in [3.05, 3.63) is 53.3 Å². The molecule has 0 saturated carbocycles. The van der Waals surface area contributed by atoms with E-state index >= 15 is 0 Å². The summed E-state index contributed by atoms with van der Waals surface area (Å²) in [5.41, 5.74) is 2.91. The number of carbonyl (C=O) groups excluding carboxylic acids is 4. The van der Waals surface area contributed by atoms with Gasteiger partial charge in [0, 0.05) is 24.7 Å². The summed E-state index contributed by atoms with van der Waals surface area (Å²) in [5, 5.41) is 14.1. The van der Waals surface area contributed by atoms with Crippen molar-refractivity contribution in [3.8, 4) is 5.75 Å². The molecule has 0 spiro atoms. The van der Waals surface area contributed by atoms with Crippen LogP contribution in [0.25, 0.3) is 11.1 Å². The first-order chi connectivity index (χ1) is 18.2. The number of hydrogen-bond donors (Lipinski definition) is 3. The summed E-state index contributed by atoms with van der Waals surface area (Å²) in [6, 6.07) is 9.53. The number of aliphatic hydroxyl groups is 1. The summed E-state index contributed by atoms with van der Waals surface area (Å²) in [4.78, 5) is 52.8. The number of nitrogens with one attached hydrogen (secondary N) is 2. The molecule has 1 saturated heterocycles. The van der Waals surface area contributed by atoms with E-state index in [1.807, 2.05) is 35.3 Å². The third-order valence-electron chi connectivity index (χ3n) is 6.30. The quantitative estimate of drug-likeness (QED) is 0.415. The number of fused-ring (bicyclic) bond motifs is 2. The molecule has 4 heterocycles. The molecule has 2 unspecified atom stereocenters. The van der Waals surface area contributed by atoms with Crippen LogP contribution in [0, 0.1) is 0 Å². The Kier molecular flexibility index (Phi) is 7.91. The van der Waals surface area contributed by atoms with E-state index in [1.165, 1.54) is 4.90 Å². The van der Waals surface area contributed by atoms with Crippen LogP contribution in [0.15, 0.2) is 40.8 Å². The fourth-order valence-corrected chi connectivity index (χ4v) is 4.29. The highest BCUT2D eigenvalue weighted by Crippen LogP contribution is 2.28. The predicted molar refractivity (Wildman–Crippen MR) is 137 cm³/mol. The average molecular weight is 524 g/mol. The zero-order valence-electron chi connectivity index (χ0n) is 21.3. The number of benzene rings is 1. The number of pyridine rings is 1. The average Bonchev–Trinajstić information content (AvgIpc) is 3.58. The molecule has 5 amide bonds. The first kappa shape index (κ1) is 26.6. The van der Waals surface area contributed by atoms with Gasteiger partial charge in [0.1, 0.15) is 22.8 Å². The van der Waals surface area contributed by atoms with Gasteiger partial charge >= 0.3 is 6.03 Å². The second-order valence-corrected chi connectivity index (χ2v) is 8.86. The maximum atomic E-state index is 11.8. The van der Waals surface area contributed by atoms with Crippen molar-refractivity contribution in [2.45, 2.75) is 39.0 Å². The van der Waals surface area contributed by atoms with Crippen LogP contribution in [0.5, 0.6) is 5.75 Å². The minimum atomic E-state index is -0.685. The van der Waals surface area contributed by atoms with E-state index in [9.17, 15) is 24.3 Å². The Balaban J connectivity index is 0.000000204. The Bertz CT molecular complexity index is 1370. The zero-order valence-corrected chi connectivity index (χ0v) is 21.3. The summed E-state index contributed by atoms with van der Waals surface area (Å²) in [7, 11) is 1.61. The van der Waals surface area contributed by atoms with E-state index < -0.39 is 18.2 Å². The standard InChI is InChI=1S/C15H16N4O5.C11H13NO2/c1-8(17-15(23)16-7-20)12-5-10-11(24-12)2-3-13(18-10)19-6-9(21)4-14(19)22;1-3-12-7-8-4-5-9(14-2)6-10(8)11(12)13/h2-3,5,7-9,21H,4,6H2,1H3,(H2,16,17,20,23);4-6H,3,7H2,1-2H3. The normalized spacial score (nSPS) is 17.1. The highest BCUT2D eigenvalue weighted by molar-refractivity contribution is 5.98. The number of rotatable bonds is 6. The van der Waals surface area contributed by atoms with Gasteiger partial charge in [-0.3, -0.25) is 24.6 Å². The molecule has 0 radical (unpaired) electrons. The third kappa shape index (κ3) is 5.59. The molecule has 12 heteroatoms. The summed E-state index contributed by atoms with van der Waals surface area (Å²) < 4.78 is 10.7. The maximum Gasteiger partial charge on any atom is 0.321 e.